The smallest absolute Gasteiger partial charge is 0.304 e. The largest absolute Gasteiger partial charge is 0.416 e. The summed E-state index contributed by atoms with van der Waals surface area (Å²) in [4.78, 5) is 10.9. The molecule has 6 nitrogen and oxygen atoms in total. The van der Waals surface area contributed by atoms with Crippen molar-refractivity contribution in [3.8, 4) is 11.5 Å². The molecule has 3 heterocycles. The molecule has 2 aromatic heterocycles. The van der Waals surface area contributed by atoms with Crippen LogP contribution in [0.15, 0.2) is 48.0 Å². The molecule has 0 N–H and O–H groups in total. The third kappa shape index (κ3) is 4.63. The molecule has 0 unspecified atom stereocenters. The zero-order chi connectivity index (χ0) is 23.1. The Kier molecular flexibility index (Phi) is 5.90. The van der Waals surface area contributed by atoms with Crippen LogP contribution in [0.4, 0.5) is 13.2 Å². The van der Waals surface area contributed by atoms with Gasteiger partial charge in [-0.15, -0.1) is 10.2 Å². The number of thioether (sulfide) groups is 1. The van der Waals surface area contributed by atoms with Crippen LogP contribution in [-0.2, 0) is 13.2 Å². The molecule has 10 heteroatoms. The summed E-state index contributed by atoms with van der Waals surface area (Å²) < 4.78 is 40.4. The minimum atomic E-state index is -4.27. The summed E-state index contributed by atoms with van der Waals surface area (Å²) in [6.45, 7) is 3.11. The highest BCUT2D eigenvalue weighted by molar-refractivity contribution is 7.99. The molecular formula is C23H25F3N6S. The third-order valence-electron chi connectivity index (χ3n) is 6.77. The van der Waals surface area contributed by atoms with Crippen LogP contribution in [0.3, 0.4) is 0 Å². The first-order chi connectivity index (χ1) is 15.9. The van der Waals surface area contributed by atoms with Crippen molar-refractivity contribution >= 4 is 11.8 Å². The summed E-state index contributed by atoms with van der Waals surface area (Å²) in [7, 11) is 1.94. The van der Waals surface area contributed by atoms with Gasteiger partial charge in [0.15, 0.2) is 11.0 Å². The van der Waals surface area contributed by atoms with E-state index in [0.717, 1.165) is 55.4 Å². The van der Waals surface area contributed by atoms with Gasteiger partial charge in [-0.3, -0.25) is 4.98 Å². The molecule has 3 aromatic rings. The Hall–Kier alpha value is -2.46. The van der Waals surface area contributed by atoms with Gasteiger partial charge in [-0.1, -0.05) is 23.9 Å². The summed E-state index contributed by atoms with van der Waals surface area (Å²) in [5, 5.41) is 9.39. The summed E-state index contributed by atoms with van der Waals surface area (Å²) in [6.07, 6.45) is 3.91. The number of halogens is 3. The Bertz CT molecular complexity index is 1100. The zero-order valence-corrected chi connectivity index (χ0v) is 19.1. The van der Waals surface area contributed by atoms with Crippen molar-refractivity contribution in [2.24, 2.45) is 12.5 Å². The maximum Gasteiger partial charge on any atom is 0.416 e. The summed E-state index contributed by atoms with van der Waals surface area (Å²) >= 11 is 1.68. The van der Waals surface area contributed by atoms with E-state index < -0.39 is 11.7 Å². The van der Waals surface area contributed by atoms with Gasteiger partial charge in [-0.05, 0) is 61.4 Å². The lowest BCUT2D eigenvalue weighted by atomic mass is 9.97. The average molecular weight is 475 g/mol. The van der Waals surface area contributed by atoms with Crippen molar-refractivity contribution in [3.63, 3.8) is 0 Å². The van der Waals surface area contributed by atoms with E-state index >= 15 is 0 Å². The predicted molar refractivity (Wildman–Crippen MR) is 120 cm³/mol. The molecule has 5 rings (SSSR count). The van der Waals surface area contributed by atoms with E-state index in [1.54, 1.807) is 42.5 Å². The number of hydrogen-bond acceptors (Lipinski definition) is 6. The van der Waals surface area contributed by atoms with Gasteiger partial charge in [0.2, 0.25) is 0 Å². The molecule has 0 amide bonds. The number of benzene rings is 1. The summed E-state index contributed by atoms with van der Waals surface area (Å²) in [5.41, 5.74) is 1.43. The lowest BCUT2D eigenvalue weighted by Crippen LogP contribution is -2.23. The topological polar surface area (TPSA) is 59.7 Å². The van der Waals surface area contributed by atoms with Crippen LogP contribution in [0.25, 0.3) is 11.5 Å². The lowest BCUT2D eigenvalue weighted by Gasteiger charge is -2.16. The van der Waals surface area contributed by atoms with E-state index in [2.05, 4.69) is 25.1 Å². The van der Waals surface area contributed by atoms with Gasteiger partial charge in [0.1, 0.15) is 5.69 Å². The van der Waals surface area contributed by atoms with Crippen molar-refractivity contribution in [2.75, 3.05) is 25.4 Å². The highest BCUT2D eigenvalue weighted by Crippen LogP contribution is 2.64. The second-order valence-corrected chi connectivity index (χ2v) is 9.98. The highest BCUT2D eigenvalue weighted by Gasteiger charge is 2.57. The SMILES string of the molecule is Cn1c(SCCCN2CC[C@@]3(C[C@H]3c3ccc(C(F)(F)F)cc3)C2)nnc1-c1cnccn1. The molecule has 1 saturated carbocycles. The van der Waals surface area contributed by atoms with Gasteiger partial charge in [-0.25, -0.2) is 4.98 Å². The van der Waals surface area contributed by atoms with Crippen LogP contribution in [0.5, 0.6) is 0 Å². The molecule has 1 aromatic carbocycles. The second-order valence-electron chi connectivity index (χ2n) is 8.92. The third-order valence-corrected chi connectivity index (χ3v) is 7.88. The highest BCUT2D eigenvalue weighted by atomic mass is 32.2. The fourth-order valence-corrected chi connectivity index (χ4v) is 5.71. The van der Waals surface area contributed by atoms with Gasteiger partial charge < -0.3 is 9.47 Å². The Balaban J connectivity index is 1.09. The number of likely N-dealkylation sites (tertiary alicyclic amines) is 1. The molecule has 0 bridgehead atoms. The van der Waals surface area contributed by atoms with E-state index in [1.807, 2.05) is 11.6 Å². The van der Waals surface area contributed by atoms with Crippen LogP contribution >= 0.6 is 11.8 Å². The first kappa shape index (κ1) is 22.3. The number of alkyl halides is 3. The average Bonchev–Trinajstić information content (AvgIpc) is 3.15. The van der Waals surface area contributed by atoms with Gasteiger partial charge in [0, 0.05) is 31.7 Å². The molecule has 1 spiro atoms. The number of nitrogens with zero attached hydrogens (tertiary/aromatic N) is 6. The molecule has 1 saturated heterocycles. The zero-order valence-electron chi connectivity index (χ0n) is 18.3. The molecular weight excluding hydrogens is 449 g/mol. The van der Waals surface area contributed by atoms with E-state index in [0.29, 0.717) is 17.4 Å². The molecule has 1 aliphatic heterocycles. The molecule has 2 atom stereocenters. The van der Waals surface area contributed by atoms with Crippen molar-refractivity contribution in [1.82, 2.24) is 29.6 Å². The van der Waals surface area contributed by atoms with Crippen molar-refractivity contribution in [1.29, 1.82) is 0 Å². The van der Waals surface area contributed by atoms with Crippen molar-refractivity contribution in [2.45, 2.75) is 36.5 Å². The Labute approximate surface area is 194 Å². The molecule has 0 radical (unpaired) electrons. The molecule has 2 fully saturated rings. The van der Waals surface area contributed by atoms with Crippen LogP contribution < -0.4 is 0 Å². The summed E-state index contributed by atoms with van der Waals surface area (Å²) in [6, 6.07) is 5.76. The van der Waals surface area contributed by atoms with E-state index in [-0.39, 0.29) is 5.41 Å². The van der Waals surface area contributed by atoms with Gasteiger partial charge in [0.05, 0.1) is 11.8 Å². The molecule has 174 valence electrons. The Morgan fingerprint density at radius 1 is 1.15 bits per heavy atom. The van der Waals surface area contributed by atoms with Gasteiger partial charge in [-0.2, -0.15) is 13.2 Å². The standard InChI is InChI=1S/C23H25F3N6S/c1-31-20(19-14-27-8-9-28-19)29-30-21(31)33-12-2-10-32-11-7-22(15-32)13-18(22)16-3-5-17(6-4-16)23(24,25)26/h3-6,8-9,14,18H,2,7,10-13,15H2,1H3/t18-,22+/m0/s1. The minimum absolute atomic E-state index is 0.252. The molecule has 33 heavy (non-hydrogen) atoms. The second kappa shape index (κ2) is 8.72. The fourth-order valence-electron chi connectivity index (χ4n) is 4.88. The predicted octanol–water partition coefficient (Wildman–Crippen LogP) is 4.65. The molecule has 1 aliphatic carbocycles. The first-order valence-electron chi connectivity index (χ1n) is 11.0. The maximum atomic E-state index is 12.8. The number of rotatable bonds is 7. The first-order valence-corrected chi connectivity index (χ1v) is 12.0. The monoisotopic (exact) mass is 474 g/mol. The quantitative estimate of drug-likeness (QED) is 0.367. The van der Waals surface area contributed by atoms with E-state index in [1.165, 1.54) is 12.1 Å². The van der Waals surface area contributed by atoms with Crippen LogP contribution in [-0.4, -0.2) is 55.0 Å². The van der Waals surface area contributed by atoms with Crippen LogP contribution in [0.1, 0.15) is 36.3 Å². The normalized spacial score (nSPS) is 22.8. The van der Waals surface area contributed by atoms with E-state index in [9.17, 15) is 13.2 Å². The van der Waals surface area contributed by atoms with Crippen LogP contribution in [0, 0.1) is 5.41 Å². The summed E-state index contributed by atoms with van der Waals surface area (Å²) in [5.74, 6) is 2.03. The number of aromatic nitrogens is 5. The Morgan fingerprint density at radius 2 is 1.97 bits per heavy atom. The Morgan fingerprint density at radius 3 is 2.70 bits per heavy atom. The van der Waals surface area contributed by atoms with Crippen molar-refractivity contribution < 1.29 is 13.2 Å². The van der Waals surface area contributed by atoms with Crippen LogP contribution in [0.2, 0.25) is 0 Å². The van der Waals surface area contributed by atoms with Gasteiger partial charge in [0.25, 0.3) is 0 Å². The number of hydrogen-bond donors (Lipinski definition) is 0. The minimum Gasteiger partial charge on any atom is -0.304 e. The van der Waals surface area contributed by atoms with E-state index in [4.69, 9.17) is 0 Å². The molecule has 2 aliphatic rings. The maximum absolute atomic E-state index is 12.8. The lowest BCUT2D eigenvalue weighted by molar-refractivity contribution is -0.137. The van der Waals surface area contributed by atoms with Crippen molar-refractivity contribution in [3.05, 3.63) is 54.0 Å². The fraction of sp³-hybridized carbons (Fsp3) is 0.478. The van der Waals surface area contributed by atoms with Gasteiger partial charge >= 0.3 is 6.18 Å².